The molecular formula is C11H18N2OS. The number of ether oxygens (including phenoxy) is 1. The Balaban J connectivity index is 1.83. The van der Waals surface area contributed by atoms with Crippen LogP contribution in [0.2, 0.25) is 0 Å². The Morgan fingerprint density at radius 2 is 2.60 bits per heavy atom. The Labute approximate surface area is 94.9 Å². The third-order valence-corrected chi connectivity index (χ3v) is 3.60. The van der Waals surface area contributed by atoms with Crippen molar-refractivity contribution >= 4 is 11.3 Å². The molecule has 84 valence electrons. The second-order valence-electron chi connectivity index (χ2n) is 3.84. The number of nitrogens with zero attached hydrogens (tertiary/aromatic N) is 1. The number of hydrogen-bond acceptors (Lipinski definition) is 4. The number of hydrogen-bond donors (Lipinski definition) is 1. The van der Waals surface area contributed by atoms with E-state index >= 15 is 0 Å². The first-order valence-electron chi connectivity index (χ1n) is 5.64. The predicted molar refractivity (Wildman–Crippen MR) is 62.2 cm³/mol. The summed E-state index contributed by atoms with van der Waals surface area (Å²) < 4.78 is 5.60. The summed E-state index contributed by atoms with van der Waals surface area (Å²) in [7, 11) is 0. The van der Waals surface area contributed by atoms with Gasteiger partial charge in [-0.2, -0.15) is 0 Å². The molecule has 0 aliphatic carbocycles. The molecule has 1 aliphatic heterocycles. The molecule has 1 aromatic rings. The van der Waals surface area contributed by atoms with Crippen molar-refractivity contribution in [1.29, 1.82) is 0 Å². The summed E-state index contributed by atoms with van der Waals surface area (Å²) in [6, 6.07) is 0. The number of nitrogens with one attached hydrogen (secondary N) is 1. The Hall–Kier alpha value is -0.450. The first-order valence-corrected chi connectivity index (χ1v) is 6.46. The van der Waals surface area contributed by atoms with Gasteiger partial charge in [0.1, 0.15) is 0 Å². The van der Waals surface area contributed by atoms with E-state index in [1.165, 1.54) is 22.7 Å². The molecule has 0 saturated carbocycles. The van der Waals surface area contributed by atoms with E-state index in [-0.39, 0.29) is 0 Å². The lowest BCUT2D eigenvalue weighted by atomic mass is 10.2. The molecule has 0 amide bonds. The minimum atomic E-state index is 0.420. The third-order valence-electron chi connectivity index (χ3n) is 2.58. The Kier molecular flexibility index (Phi) is 4.11. The summed E-state index contributed by atoms with van der Waals surface area (Å²) in [6.07, 6.45) is 5.81. The molecule has 2 heterocycles. The van der Waals surface area contributed by atoms with Gasteiger partial charge >= 0.3 is 0 Å². The topological polar surface area (TPSA) is 34.2 Å². The van der Waals surface area contributed by atoms with Gasteiger partial charge in [-0.05, 0) is 19.4 Å². The Morgan fingerprint density at radius 3 is 3.33 bits per heavy atom. The lowest BCUT2D eigenvalue weighted by Crippen LogP contribution is -2.10. The molecule has 1 saturated heterocycles. The molecule has 0 bridgehead atoms. The van der Waals surface area contributed by atoms with E-state index in [1.54, 1.807) is 11.3 Å². The highest BCUT2D eigenvalue weighted by atomic mass is 32.1. The van der Waals surface area contributed by atoms with Gasteiger partial charge in [0.05, 0.1) is 11.1 Å². The third kappa shape index (κ3) is 3.26. The van der Waals surface area contributed by atoms with Crippen molar-refractivity contribution in [3.05, 3.63) is 16.1 Å². The van der Waals surface area contributed by atoms with Crippen LogP contribution in [-0.2, 0) is 17.7 Å². The minimum Gasteiger partial charge on any atom is -0.378 e. The van der Waals surface area contributed by atoms with Crippen molar-refractivity contribution in [2.45, 2.75) is 38.8 Å². The maximum atomic E-state index is 5.60. The predicted octanol–water partition coefficient (Wildman–Crippen LogP) is 1.97. The van der Waals surface area contributed by atoms with E-state index in [9.17, 15) is 0 Å². The normalized spacial score (nSPS) is 21.0. The molecule has 0 radical (unpaired) electrons. The van der Waals surface area contributed by atoms with Crippen LogP contribution in [0.25, 0.3) is 0 Å². The summed E-state index contributed by atoms with van der Waals surface area (Å²) in [5, 5.41) is 4.53. The van der Waals surface area contributed by atoms with Crippen LogP contribution in [0.15, 0.2) is 6.20 Å². The van der Waals surface area contributed by atoms with Gasteiger partial charge in [-0.25, -0.2) is 4.98 Å². The number of thiazole rings is 1. The van der Waals surface area contributed by atoms with Crippen molar-refractivity contribution in [2.24, 2.45) is 0 Å². The van der Waals surface area contributed by atoms with Gasteiger partial charge < -0.3 is 10.1 Å². The quantitative estimate of drug-likeness (QED) is 0.833. The van der Waals surface area contributed by atoms with Crippen LogP contribution in [0.5, 0.6) is 0 Å². The fourth-order valence-corrected chi connectivity index (χ4v) is 2.73. The fraction of sp³-hybridized carbons (Fsp3) is 0.727. The smallest absolute Gasteiger partial charge is 0.0954 e. The summed E-state index contributed by atoms with van der Waals surface area (Å²) >= 11 is 1.81. The zero-order valence-electron chi connectivity index (χ0n) is 9.16. The second kappa shape index (κ2) is 5.58. The van der Waals surface area contributed by atoms with Gasteiger partial charge in [0, 0.05) is 30.6 Å². The van der Waals surface area contributed by atoms with Crippen molar-refractivity contribution in [3.8, 4) is 0 Å². The van der Waals surface area contributed by atoms with E-state index < -0.39 is 0 Å². The minimum absolute atomic E-state index is 0.420. The van der Waals surface area contributed by atoms with E-state index in [0.717, 1.165) is 26.1 Å². The van der Waals surface area contributed by atoms with Crippen LogP contribution in [0.4, 0.5) is 0 Å². The van der Waals surface area contributed by atoms with Crippen LogP contribution in [0, 0.1) is 0 Å². The molecule has 1 unspecified atom stereocenters. The van der Waals surface area contributed by atoms with Gasteiger partial charge in [-0.3, -0.25) is 0 Å². The van der Waals surface area contributed by atoms with Crippen LogP contribution in [0.1, 0.15) is 29.7 Å². The molecule has 1 aromatic heterocycles. The SMILES string of the molecule is CCNCc1cnc(CC2CCCO2)s1. The summed E-state index contributed by atoms with van der Waals surface area (Å²) in [5.41, 5.74) is 0. The summed E-state index contributed by atoms with van der Waals surface area (Å²) in [5.74, 6) is 0. The van der Waals surface area contributed by atoms with Crippen LogP contribution in [-0.4, -0.2) is 24.2 Å². The maximum Gasteiger partial charge on any atom is 0.0954 e. The van der Waals surface area contributed by atoms with Gasteiger partial charge in [0.2, 0.25) is 0 Å². The molecular weight excluding hydrogens is 208 g/mol. The standard InChI is InChI=1S/C11H18N2OS/c1-2-12-7-10-8-13-11(15-10)6-9-4-3-5-14-9/h8-9,12H,2-7H2,1H3. The molecule has 0 aromatic carbocycles. The Morgan fingerprint density at radius 1 is 1.67 bits per heavy atom. The highest BCUT2D eigenvalue weighted by Crippen LogP contribution is 2.20. The van der Waals surface area contributed by atoms with Crippen molar-refractivity contribution < 1.29 is 4.74 Å². The van der Waals surface area contributed by atoms with Crippen molar-refractivity contribution in [1.82, 2.24) is 10.3 Å². The maximum absolute atomic E-state index is 5.60. The molecule has 2 rings (SSSR count). The van der Waals surface area contributed by atoms with Crippen LogP contribution >= 0.6 is 11.3 Å². The molecule has 1 fully saturated rings. The molecule has 1 atom stereocenters. The first kappa shape index (κ1) is 11.0. The molecule has 3 nitrogen and oxygen atoms in total. The van der Waals surface area contributed by atoms with Crippen molar-refractivity contribution in [3.63, 3.8) is 0 Å². The highest BCUT2D eigenvalue weighted by molar-refractivity contribution is 7.11. The summed E-state index contributed by atoms with van der Waals surface area (Å²) in [6.45, 7) is 5.01. The lowest BCUT2D eigenvalue weighted by Gasteiger charge is -2.05. The molecule has 0 spiro atoms. The van der Waals surface area contributed by atoms with E-state index in [4.69, 9.17) is 4.74 Å². The van der Waals surface area contributed by atoms with Gasteiger partial charge in [0.25, 0.3) is 0 Å². The zero-order valence-corrected chi connectivity index (χ0v) is 9.98. The largest absolute Gasteiger partial charge is 0.378 e. The number of aromatic nitrogens is 1. The van der Waals surface area contributed by atoms with Crippen LogP contribution in [0.3, 0.4) is 0 Å². The molecule has 4 heteroatoms. The highest BCUT2D eigenvalue weighted by Gasteiger charge is 2.17. The monoisotopic (exact) mass is 226 g/mol. The molecule has 1 N–H and O–H groups in total. The number of rotatable bonds is 5. The van der Waals surface area contributed by atoms with E-state index in [1.807, 2.05) is 6.20 Å². The van der Waals surface area contributed by atoms with Crippen molar-refractivity contribution in [2.75, 3.05) is 13.2 Å². The fourth-order valence-electron chi connectivity index (χ4n) is 1.77. The van der Waals surface area contributed by atoms with E-state index in [2.05, 4.69) is 17.2 Å². The van der Waals surface area contributed by atoms with Gasteiger partial charge in [-0.15, -0.1) is 11.3 Å². The molecule has 15 heavy (non-hydrogen) atoms. The first-order chi connectivity index (χ1) is 7.38. The second-order valence-corrected chi connectivity index (χ2v) is 5.04. The Bertz CT molecular complexity index is 295. The zero-order chi connectivity index (χ0) is 10.5. The van der Waals surface area contributed by atoms with E-state index in [0.29, 0.717) is 6.10 Å². The average molecular weight is 226 g/mol. The van der Waals surface area contributed by atoms with Gasteiger partial charge in [-0.1, -0.05) is 6.92 Å². The van der Waals surface area contributed by atoms with Crippen LogP contribution < -0.4 is 5.32 Å². The van der Waals surface area contributed by atoms with Gasteiger partial charge in [0.15, 0.2) is 0 Å². The lowest BCUT2D eigenvalue weighted by molar-refractivity contribution is 0.111. The average Bonchev–Trinajstić information content (AvgIpc) is 2.87. The summed E-state index contributed by atoms with van der Waals surface area (Å²) in [4.78, 5) is 5.76. The molecule has 1 aliphatic rings.